The van der Waals surface area contributed by atoms with Gasteiger partial charge in [-0.15, -0.1) is 0 Å². The smallest absolute Gasteiger partial charge is 0.418 e. The molecule has 0 saturated carbocycles. The van der Waals surface area contributed by atoms with Gasteiger partial charge in [-0.3, -0.25) is 4.55 Å². The van der Waals surface area contributed by atoms with E-state index in [2.05, 4.69) is 11.9 Å². The summed E-state index contributed by atoms with van der Waals surface area (Å²) in [6, 6.07) is 0. The Hall–Kier alpha value is -1.10. The van der Waals surface area contributed by atoms with Gasteiger partial charge < -0.3 is 21.8 Å². The predicted octanol–water partition coefficient (Wildman–Crippen LogP) is 5.52. The molecule has 1 N–H and O–H groups in total. The fourth-order valence-electron chi connectivity index (χ4n) is 2.10. The van der Waals surface area contributed by atoms with Crippen molar-refractivity contribution < 1.29 is 30.2 Å². The van der Waals surface area contributed by atoms with Gasteiger partial charge in [0.25, 0.3) is 10.1 Å². The van der Waals surface area contributed by atoms with Gasteiger partial charge in [-0.25, -0.2) is 4.98 Å². The second-order valence-corrected chi connectivity index (χ2v) is 7.76. The average Bonchev–Trinajstić information content (AvgIpc) is 2.98. The maximum atomic E-state index is 10.4. The van der Waals surface area contributed by atoms with Crippen LogP contribution in [0.25, 0.3) is 0 Å². The molecule has 1 aromatic heterocycles. The Balaban J connectivity index is 0. The second kappa shape index (κ2) is 17.0. The van der Waals surface area contributed by atoms with Gasteiger partial charge in [0.1, 0.15) is 0 Å². The minimum absolute atomic E-state index is 0.0799. The van der Waals surface area contributed by atoms with E-state index in [0.717, 1.165) is 12.8 Å². The maximum absolute atomic E-state index is 10.4. The molecule has 0 aromatic carbocycles. The molecule has 5 nitrogen and oxygen atoms in total. The summed E-state index contributed by atoms with van der Waals surface area (Å²) in [5.41, 5.74) is 0. The van der Waals surface area contributed by atoms with E-state index in [4.69, 9.17) is 4.55 Å². The molecular weight excluding hydrogens is 387 g/mol. The van der Waals surface area contributed by atoms with Gasteiger partial charge in [-0.05, 0) is 6.42 Å². The Labute approximate surface area is 160 Å². The molecule has 0 radical (unpaired) electrons. The zero-order valence-corrected chi connectivity index (χ0v) is 17.0. The van der Waals surface area contributed by atoms with Crippen molar-refractivity contribution in [2.24, 2.45) is 7.05 Å². The van der Waals surface area contributed by atoms with E-state index >= 15 is 0 Å². The standard InChI is InChI=1S/C12H26O3S.C4H6N2.BF4/c1-2-3-4-5-6-7-8-9-10-11-12-16(13,14)15;1-6-3-2-5-4-6;2-1(3,4)5/h2-12H2,1H3,(H,13,14,15);2-4H,1H3;/q;;-1. The number of imidazole rings is 1. The van der Waals surface area contributed by atoms with Crippen molar-refractivity contribution >= 4 is 17.4 Å². The van der Waals surface area contributed by atoms with E-state index in [1.807, 2.05) is 17.8 Å². The lowest BCUT2D eigenvalue weighted by atomic mass is 10.1. The van der Waals surface area contributed by atoms with Crippen LogP contribution in [-0.4, -0.2) is 35.5 Å². The van der Waals surface area contributed by atoms with Crippen LogP contribution in [0.1, 0.15) is 71.1 Å². The van der Waals surface area contributed by atoms with Gasteiger partial charge in [0.05, 0.1) is 12.1 Å². The number of hydrogen-bond acceptors (Lipinski definition) is 3. The first-order valence-electron chi connectivity index (χ1n) is 9.20. The third-order valence-electron chi connectivity index (χ3n) is 3.39. The lowest BCUT2D eigenvalue weighted by Crippen LogP contribution is -2.03. The number of hydrogen-bond donors (Lipinski definition) is 1. The van der Waals surface area contributed by atoms with Crippen LogP contribution < -0.4 is 0 Å². The number of nitrogens with zero attached hydrogens (tertiary/aromatic N) is 2. The predicted molar refractivity (Wildman–Crippen MR) is 102 cm³/mol. The fourth-order valence-corrected chi connectivity index (χ4v) is 2.67. The molecule has 1 aromatic rings. The zero-order valence-electron chi connectivity index (χ0n) is 16.2. The highest BCUT2D eigenvalue weighted by Gasteiger charge is 2.20. The largest absolute Gasteiger partial charge is 0.673 e. The number of unbranched alkanes of at least 4 members (excludes halogenated alkanes) is 9. The first-order chi connectivity index (χ1) is 12.5. The number of aryl methyl sites for hydroxylation is 1. The molecule has 0 atom stereocenters. The van der Waals surface area contributed by atoms with Gasteiger partial charge in [0.15, 0.2) is 0 Å². The molecule has 0 fully saturated rings. The van der Waals surface area contributed by atoms with E-state index in [1.54, 1.807) is 12.5 Å². The third-order valence-corrected chi connectivity index (χ3v) is 4.20. The second-order valence-electron chi connectivity index (χ2n) is 6.19. The summed E-state index contributed by atoms with van der Waals surface area (Å²) in [7, 11) is -7.79. The van der Waals surface area contributed by atoms with E-state index in [1.165, 1.54) is 44.9 Å². The highest BCUT2D eigenvalue weighted by molar-refractivity contribution is 7.85. The first kappa shape index (κ1) is 28.1. The van der Waals surface area contributed by atoms with Crippen LogP contribution >= 0.6 is 0 Å². The summed E-state index contributed by atoms with van der Waals surface area (Å²) >= 11 is 0. The maximum Gasteiger partial charge on any atom is 0.673 e. The summed E-state index contributed by atoms with van der Waals surface area (Å²) in [5.74, 6) is -0.0799. The zero-order chi connectivity index (χ0) is 21.2. The van der Waals surface area contributed by atoms with Gasteiger partial charge >= 0.3 is 7.25 Å². The quantitative estimate of drug-likeness (QED) is 0.222. The van der Waals surface area contributed by atoms with Gasteiger partial charge in [0, 0.05) is 19.4 Å². The van der Waals surface area contributed by atoms with Crippen molar-refractivity contribution in [3.63, 3.8) is 0 Å². The highest BCUT2D eigenvalue weighted by atomic mass is 32.2. The summed E-state index contributed by atoms with van der Waals surface area (Å²) in [6.07, 6.45) is 17.0. The minimum atomic E-state index is -6.00. The molecule has 27 heavy (non-hydrogen) atoms. The van der Waals surface area contributed by atoms with E-state index in [-0.39, 0.29) is 5.75 Å². The van der Waals surface area contributed by atoms with Crippen LogP contribution in [0.15, 0.2) is 18.7 Å². The molecule has 162 valence electrons. The molecule has 0 aliphatic heterocycles. The normalized spacial score (nSPS) is 11.2. The lowest BCUT2D eigenvalue weighted by Gasteiger charge is -2.01. The highest BCUT2D eigenvalue weighted by Crippen LogP contribution is 2.10. The van der Waals surface area contributed by atoms with Crippen LogP contribution in [0.3, 0.4) is 0 Å². The molecule has 0 bridgehead atoms. The van der Waals surface area contributed by atoms with Crippen molar-refractivity contribution in [3.8, 4) is 0 Å². The molecule has 0 aliphatic rings. The Morgan fingerprint density at radius 3 is 1.59 bits per heavy atom. The Kier molecular flexibility index (Phi) is 17.7. The molecule has 0 spiro atoms. The van der Waals surface area contributed by atoms with Crippen LogP contribution in [-0.2, 0) is 17.2 Å². The van der Waals surface area contributed by atoms with Crippen LogP contribution in [0.4, 0.5) is 17.3 Å². The molecule has 1 heterocycles. The number of halogens is 4. The van der Waals surface area contributed by atoms with Crippen LogP contribution in [0, 0.1) is 0 Å². The minimum Gasteiger partial charge on any atom is -0.418 e. The summed E-state index contributed by atoms with van der Waals surface area (Å²) in [6.45, 7) is 2.22. The van der Waals surface area contributed by atoms with Gasteiger partial charge in [-0.1, -0.05) is 64.7 Å². The van der Waals surface area contributed by atoms with Crippen molar-refractivity contribution in [1.29, 1.82) is 0 Å². The molecule has 0 aliphatic carbocycles. The van der Waals surface area contributed by atoms with E-state index in [9.17, 15) is 25.7 Å². The monoisotopic (exact) mass is 419 g/mol. The first-order valence-corrected chi connectivity index (χ1v) is 10.8. The Morgan fingerprint density at radius 2 is 1.33 bits per heavy atom. The average molecular weight is 419 g/mol. The number of aromatic nitrogens is 2. The summed E-state index contributed by atoms with van der Waals surface area (Å²) < 4.78 is 70.2. The van der Waals surface area contributed by atoms with Gasteiger partial charge in [-0.2, -0.15) is 8.42 Å². The molecule has 1 rings (SSSR count). The lowest BCUT2D eigenvalue weighted by molar-refractivity contribution is 0.368. The SMILES string of the molecule is CCCCCCCCCCCCS(=O)(=O)O.Cn1ccnc1.F[B-](F)(F)F. The van der Waals surface area contributed by atoms with E-state index in [0.29, 0.717) is 6.42 Å². The molecule has 0 saturated heterocycles. The Morgan fingerprint density at radius 1 is 0.926 bits per heavy atom. The molecule has 0 unspecified atom stereocenters. The molecule has 0 amide bonds. The molecule has 11 heteroatoms. The van der Waals surface area contributed by atoms with Crippen LogP contribution in [0.5, 0.6) is 0 Å². The topological polar surface area (TPSA) is 72.2 Å². The van der Waals surface area contributed by atoms with Crippen molar-refractivity contribution in [1.82, 2.24) is 9.55 Å². The summed E-state index contributed by atoms with van der Waals surface area (Å²) in [4.78, 5) is 3.78. The van der Waals surface area contributed by atoms with Gasteiger partial charge in [0.2, 0.25) is 0 Å². The van der Waals surface area contributed by atoms with Crippen molar-refractivity contribution in [3.05, 3.63) is 18.7 Å². The van der Waals surface area contributed by atoms with Crippen LogP contribution in [0.2, 0.25) is 0 Å². The Bertz CT molecular complexity index is 520. The van der Waals surface area contributed by atoms with E-state index < -0.39 is 17.4 Å². The van der Waals surface area contributed by atoms with Crippen molar-refractivity contribution in [2.45, 2.75) is 71.1 Å². The third kappa shape index (κ3) is 36.6. The number of rotatable bonds is 11. The molecular formula is C16H32BF4N2O3S-. The fraction of sp³-hybridized carbons (Fsp3) is 0.812. The van der Waals surface area contributed by atoms with Crippen molar-refractivity contribution in [2.75, 3.05) is 5.75 Å². The summed E-state index contributed by atoms with van der Waals surface area (Å²) in [5, 5.41) is 0.